The number of nitrogens with one attached hydrogen (secondary N) is 1. The Balaban J connectivity index is 1.55. The predicted molar refractivity (Wildman–Crippen MR) is 104 cm³/mol. The number of hydrogen-bond acceptors (Lipinski definition) is 3. The first-order chi connectivity index (χ1) is 12.9. The van der Waals surface area contributed by atoms with Gasteiger partial charge in [0, 0.05) is 64.1 Å². The summed E-state index contributed by atoms with van der Waals surface area (Å²) < 4.78 is 0. The van der Waals surface area contributed by atoms with Crippen molar-refractivity contribution in [3.05, 3.63) is 24.0 Å². The van der Waals surface area contributed by atoms with Crippen molar-refractivity contribution in [1.82, 2.24) is 19.7 Å². The number of nitrogens with zero attached hydrogens (tertiary/aromatic N) is 3. The van der Waals surface area contributed by atoms with E-state index in [1.54, 1.807) is 12.4 Å². The first-order valence-corrected chi connectivity index (χ1v) is 10.3. The first kappa shape index (κ1) is 18.5. The molecule has 1 unspecified atom stereocenters. The molecule has 3 saturated heterocycles. The number of aromatic amines is 1. The Kier molecular flexibility index (Phi) is 4.57. The van der Waals surface area contributed by atoms with Crippen LogP contribution >= 0.6 is 0 Å². The number of amides is 2. The van der Waals surface area contributed by atoms with Gasteiger partial charge in [0.15, 0.2) is 0 Å². The van der Waals surface area contributed by atoms with Gasteiger partial charge in [-0.3, -0.25) is 9.59 Å². The van der Waals surface area contributed by atoms with E-state index in [0.29, 0.717) is 11.8 Å². The van der Waals surface area contributed by atoms with E-state index < -0.39 is 0 Å². The number of hydrogen-bond donors (Lipinski definition) is 1. The summed E-state index contributed by atoms with van der Waals surface area (Å²) in [5.41, 5.74) is 0.489. The van der Waals surface area contributed by atoms with Gasteiger partial charge in [0.25, 0.3) is 5.91 Å². The lowest BCUT2D eigenvalue weighted by Gasteiger charge is -2.47. The van der Waals surface area contributed by atoms with Gasteiger partial charge in [0.1, 0.15) is 0 Å². The summed E-state index contributed by atoms with van der Waals surface area (Å²) in [6.45, 7) is 9.79. The summed E-state index contributed by atoms with van der Waals surface area (Å²) in [7, 11) is 1.94. The molecule has 3 aliphatic heterocycles. The van der Waals surface area contributed by atoms with Gasteiger partial charge in [0.2, 0.25) is 5.91 Å². The van der Waals surface area contributed by atoms with E-state index in [0.717, 1.165) is 64.1 Å². The zero-order valence-electron chi connectivity index (χ0n) is 16.8. The Morgan fingerprint density at radius 3 is 2.48 bits per heavy atom. The molecule has 1 atom stereocenters. The van der Waals surface area contributed by atoms with Crippen molar-refractivity contribution in [2.45, 2.75) is 33.1 Å². The van der Waals surface area contributed by atoms with Crippen LogP contribution in [0, 0.1) is 16.7 Å². The van der Waals surface area contributed by atoms with Crippen LogP contribution in [-0.4, -0.2) is 77.8 Å². The summed E-state index contributed by atoms with van der Waals surface area (Å²) in [6, 6.07) is 1.84. The molecule has 0 saturated carbocycles. The van der Waals surface area contributed by atoms with Crippen LogP contribution in [0.4, 0.5) is 0 Å². The van der Waals surface area contributed by atoms with Gasteiger partial charge < -0.3 is 19.7 Å². The lowest BCUT2D eigenvalue weighted by molar-refractivity contribution is -0.141. The topological polar surface area (TPSA) is 59.7 Å². The number of H-pyrrole nitrogens is 1. The molecule has 1 N–H and O–H groups in total. The zero-order chi connectivity index (χ0) is 19.2. The molecule has 6 heteroatoms. The van der Waals surface area contributed by atoms with Crippen molar-refractivity contribution in [3.63, 3.8) is 0 Å². The van der Waals surface area contributed by atoms with Crippen molar-refractivity contribution in [3.8, 4) is 0 Å². The molecule has 3 aliphatic rings. The van der Waals surface area contributed by atoms with Crippen molar-refractivity contribution in [2.75, 3.05) is 46.3 Å². The molecule has 3 fully saturated rings. The molecule has 0 aromatic carbocycles. The van der Waals surface area contributed by atoms with Gasteiger partial charge in [-0.25, -0.2) is 0 Å². The molecule has 2 amide bonds. The molecular weight excluding hydrogens is 340 g/mol. The van der Waals surface area contributed by atoms with Crippen LogP contribution in [-0.2, 0) is 4.79 Å². The van der Waals surface area contributed by atoms with Crippen LogP contribution in [0.3, 0.4) is 0 Å². The van der Waals surface area contributed by atoms with Gasteiger partial charge in [-0.2, -0.15) is 0 Å². The van der Waals surface area contributed by atoms with E-state index in [4.69, 9.17) is 0 Å². The number of aromatic nitrogens is 1. The minimum Gasteiger partial charge on any atom is -0.367 e. The maximum atomic E-state index is 13.3. The summed E-state index contributed by atoms with van der Waals surface area (Å²) >= 11 is 0. The predicted octanol–water partition coefficient (Wildman–Crippen LogP) is 2.06. The number of carbonyl (C=O) groups is 2. The lowest BCUT2D eigenvalue weighted by atomic mass is 9.60. The Labute approximate surface area is 161 Å². The van der Waals surface area contributed by atoms with E-state index >= 15 is 0 Å². The molecule has 148 valence electrons. The highest BCUT2D eigenvalue weighted by atomic mass is 16.2. The summed E-state index contributed by atoms with van der Waals surface area (Å²) in [5.74, 6) is 1.04. The van der Waals surface area contributed by atoms with Crippen LogP contribution in [0.25, 0.3) is 0 Å². The maximum absolute atomic E-state index is 13.3. The molecule has 0 radical (unpaired) electrons. The minimum atomic E-state index is -0.250. The molecule has 0 aliphatic carbocycles. The van der Waals surface area contributed by atoms with E-state index in [-0.39, 0.29) is 16.7 Å². The van der Waals surface area contributed by atoms with E-state index in [1.807, 2.05) is 22.9 Å². The fourth-order valence-electron chi connectivity index (χ4n) is 5.82. The van der Waals surface area contributed by atoms with Crippen LogP contribution in [0.15, 0.2) is 18.5 Å². The minimum absolute atomic E-state index is 0.0126. The van der Waals surface area contributed by atoms with Crippen molar-refractivity contribution < 1.29 is 9.59 Å². The number of carbonyl (C=O) groups excluding carboxylic acids is 2. The van der Waals surface area contributed by atoms with Crippen molar-refractivity contribution in [1.29, 1.82) is 0 Å². The largest absolute Gasteiger partial charge is 0.367 e. The summed E-state index contributed by atoms with van der Waals surface area (Å²) in [4.78, 5) is 35.4. The molecule has 4 heterocycles. The van der Waals surface area contributed by atoms with E-state index in [1.165, 1.54) is 0 Å². The third kappa shape index (κ3) is 2.89. The van der Waals surface area contributed by atoms with Crippen LogP contribution in [0.2, 0.25) is 0 Å². The zero-order valence-corrected chi connectivity index (χ0v) is 16.8. The Hall–Kier alpha value is -1.82. The average molecular weight is 373 g/mol. The maximum Gasteiger partial charge on any atom is 0.255 e. The Morgan fingerprint density at radius 1 is 1.19 bits per heavy atom. The average Bonchev–Trinajstić information content (AvgIpc) is 3.32. The van der Waals surface area contributed by atoms with Crippen LogP contribution in [0.1, 0.15) is 43.5 Å². The number of fused-ring (bicyclic) bond motifs is 1. The molecule has 0 bridgehead atoms. The molecule has 27 heavy (non-hydrogen) atoms. The second kappa shape index (κ2) is 6.66. The lowest BCUT2D eigenvalue weighted by Crippen LogP contribution is -2.53. The van der Waals surface area contributed by atoms with E-state index in [2.05, 4.69) is 23.7 Å². The summed E-state index contributed by atoms with van der Waals surface area (Å²) in [6.07, 6.45) is 6.38. The van der Waals surface area contributed by atoms with E-state index in [9.17, 15) is 9.59 Å². The highest BCUT2D eigenvalue weighted by Gasteiger charge is 2.64. The molecule has 1 aromatic rings. The smallest absolute Gasteiger partial charge is 0.255 e. The van der Waals surface area contributed by atoms with Gasteiger partial charge in [0.05, 0.1) is 11.0 Å². The van der Waals surface area contributed by atoms with Gasteiger partial charge in [-0.05, 0) is 31.2 Å². The Morgan fingerprint density at radius 2 is 1.93 bits per heavy atom. The quantitative estimate of drug-likeness (QED) is 0.884. The monoisotopic (exact) mass is 372 g/mol. The molecule has 1 aromatic heterocycles. The number of piperidine rings is 1. The third-order valence-electron chi connectivity index (χ3n) is 7.14. The highest BCUT2D eigenvalue weighted by Crippen LogP contribution is 2.57. The first-order valence-electron chi connectivity index (χ1n) is 10.3. The van der Waals surface area contributed by atoms with Crippen molar-refractivity contribution in [2.24, 2.45) is 16.7 Å². The van der Waals surface area contributed by atoms with Crippen LogP contribution < -0.4 is 0 Å². The number of rotatable bonds is 3. The normalized spacial score (nSPS) is 28.2. The van der Waals surface area contributed by atoms with Crippen LogP contribution in [0.5, 0.6) is 0 Å². The van der Waals surface area contributed by atoms with Gasteiger partial charge in [-0.15, -0.1) is 0 Å². The van der Waals surface area contributed by atoms with Gasteiger partial charge >= 0.3 is 0 Å². The fourth-order valence-corrected chi connectivity index (χ4v) is 5.82. The molecule has 6 nitrogen and oxygen atoms in total. The molecular formula is C21H32N4O2. The van der Waals surface area contributed by atoms with Gasteiger partial charge in [-0.1, -0.05) is 13.8 Å². The molecule has 2 spiro atoms. The standard InChI is InChI=1S/C21H32N4O2/c1-16(2)13-24-14-20(21(15-24)7-9-23(3)19(21)27)5-10-25(11-6-20)18(26)17-4-8-22-12-17/h4,8,12,16,22H,5-7,9-11,13-15H2,1-3H3. The number of likely N-dealkylation sites (tertiary alicyclic amines) is 3. The Bertz CT molecular complexity index is 706. The third-order valence-corrected chi connectivity index (χ3v) is 7.14. The molecule has 4 rings (SSSR count). The fraction of sp³-hybridized carbons (Fsp3) is 0.714. The SMILES string of the molecule is CC(C)CN1CC2(CCN(C(=O)c3cc[nH]c3)CC2)C2(CCN(C)C2=O)C1. The van der Waals surface area contributed by atoms with Crippen molar-refractivity contribution >= 4 is 11.8 Å². The second-order valence-electron chi connectivity index (χ2n) is 9.29. The highest BCUT2D eigenvalue weighted by molar-refractivity contribution is 5.94. The second-order valence-corrected chi connectivity index (χ2v) is 9.29. The summed E-state index contributed by atoms with van der Waals surface area (Å²) in [5, 5.41) is 0.